The highest BCUT2D eigenvalue weighted by molar-refractivity contribution is 5.93. The van der Waals surface area contributed by atoms with Gasteiger partial charge in [-0.1, -0.05) is 18.2 Å². The molecule has 1 atom stereocenters. The van der Waals surface area contributed by atoms with Crippen molar-refractivity contribution in [3.63, 3.8) is 0 Å². The van der Waals surface area contributed by atoms with Crippen LogP contribution in [0, 0.1) is 12.7 Å². The van der Waals surface area contributed by atoms with Crippen molar-refractivity contribution in [3.8, 4) is 0 Å². The zero-order valence-corrected chi connectivity index (χ0v) is 17.3. The van der Waals surface area contributed by atoms with Crippen LogP contribution in [0.15, 0.2) is 59.3 Å². The number of likely N-dealkylation sites (tertiary alicyclic amines) is 1. The maximum Gasteiger partial charge on any atom is 0.274 e. The van der Waals surface area contributed by atoms with Gasteiger partial charge < -0.3 is 13.7 Å². The second-order valence-electron chi connectivity index (χ2n) is 8.08. The number of halogens is 1. The van der Waals surface area contributed by atoms with Crippen molar-refractivity contribution >= 4 is 11.6 Å². The molecular formula is C24H23FN4O2. The minimum Gasteiger partial charge on any atom is -0.445 e. The summed E-state index contributed by atoms with van der Waals surface area (Å²) in [6.45, 7) is 3.25. The van der Waals surface area contributed by atoms with Gasteiger partial charge in [0.1, 0.15) is 22.9 Å². The van der Waals surface area contributed by atoms with Gasteiger partial charge in [0.15, 0.2) is 5.89 Å². The fraction of sp³-hybridized carbons (Fsp3) is 0.292. The van der Waals surface area contributed by atoms with Crippen molar-refractivity contribution in [3.05, 3.63) is 89.3 Å². The van der Waals surface area contributed by atoms with Crippen molar-refractivity contribution < 1.29 is 13.6 Å². The van der Waals surface area contributed by atoms with E-state index in [1.54, 1.807) is 18.3 Å². The predicted octanol–water partition coefficient (Wildman–Crippen LogP) is 4.38. The topological polar surface area (TPSA) is 63.6 Å². The lowest BCUT2D eigenvalue weighted by atomic mass is 9.98. The van der Waals surface area contributed by atoms with Gasteiger partial charge in [0, 0.05) is 31.4 Å². The summed E-state index contributed by atoms with van der Waals surface area (Å²) in [6.07, 6.45) is 5.90. The summed E-state index contributed by atoms with van der Waals surface area (Å²) in [6, 6.07) is 12.2. The number of piperidine rings is 1. The summed E-state index contributed by atoms with van der Waals surface area (Å²) in [4.78, 5) is 23.9. The van der Waals surface area contributed by atoms with E-state index in [2.05, 4.69) is 9.97 Å². The second kappa shape index (κ2) is 7.98. The summed E-state index contributed by atoms with van der Waals surface area (Å²) in [5, 5.41) is 0. The molecule has 0 radical (unpaired) electrons. The van der Waals surface area contributed by atoms with Crippen LogP contribution in [0.3, 0.4) is 0 Å². The quantitative estimate of drug-likeness (QED) is 0.493. The van der Waals surface area contributed by atoms with E-state index >= 15 is 0 Å². The highest BCUT2D eigenvalue weighted by Gasteiger charge is 2.29. The third-order valence-electron chi connectivity index (χ3n) is 5.84. The molecule has 1 saturated heterocycles. The molecule has 7 heteroatoms. The Bertz CT molecular complexity index is 1230. The van der Waals surface area contributed by atoms with Crippen LogP contribution in [0.1, 0.15) is 52.2 Å². The van der Waals surface area contributed by atoms with Gasteiger partial charge in [0.25, 0.3) is 5.91 Å². The third-order valence-corrected chi connectivity index (χ3v) is 5.84. The SMILES string of the molecule is Cc1cccc2nc(C(=O)N3CCC[C@H](c4ncc(Cc5ccc(F)cc5)o4)C3)cn12. The monoisotopic (exact) mass is 418 g/mol. The van der Waals surface area contributed by atoms with Gasteiger partial charge >= 0.3 is 0 Å². The summed E-state index contributed by atoms with van der Waals surface area (Å²) in [7, 11) is 0. The number of aryl methyl sites for hydroxylation is 1. The van der Waals surface area contributed by atoms with Crippen molar-refractivity contribution in [1.82, 2.24) is 19.3 Å². The fourth-order valence-corrected chi connectivity index (χ4v) is 4.17. The molecule has 0 unspecified atom stereocenters. The summed E-state index contributed by atoms with van der Waals surface area (Å²) < 4.78 is 21.0. The maximum atomic E-state index is 13.1. The van der Waals surface area contributed by atoms with E-state index in [1.807, 2.05) is 40.6 Å². The van der Waals surface area contributed by atoms with Gasteiger partial charge in [-0.15, -0.1) is 0 Å². The largest absolute Gasteiger partial charge is 0.445 e. The van der Waals surface area contributed by atoms with E-state index in [-0.39, 0.29) is 17.6 Å². The number of oxazole rings is 1. The number of hydrogen-bond donors (Lipinski definition) is 0. The molecule has 31 heavy (non-hydrogen) atoms. The number of rotatable bonds is 4. The number of benzene rings is 1. The summed E-state index contributed by atoms with van der Waals surface area (Å²) >= 11 is 0. The first-order valence-corrected chi connectivity index (χ1v) is 10.5. The average Bonchev–Trinajstić information content (AvgIpc) is 3.43. The number of carbonyl (C=O) groups is 1. The number of pyridine rings is 1. The molecule has 6 nitrogen and oxygen atoms in total. The van der Waals surface area contributed by atoms with Gasteiger partial charge in [-0.2, -0.15) is 0 Å². The molecular weight excluding hydrogens is 395 g/mol. The molecule has 4 heterocycles. The van der Waals surface area contributed by atoms with Crippen molar-refractivity contribution in [2.24, 2.45) is 0 Å². The zero-order chi connectivity index (χ0) is 21.4. The molecule has 0 N–H and O–H groups in total. The Morgan fingerprint density at radius 1 is 1.23 bits per heavy atom. The lowest BCUT2D eigenvalue weighted by Gasteiger charge is -2.30. The fourth-order valence-electron chi connectivity index (χ4n) is 4.17. The molecule has 0 bridgehead atoms. The van der Waals surface area contributed by atoms with Gasteiger partial charge in [-0.05, 0) is 49.6 Å². The van der Waals surface area contributed by atoms with Gasteiger partial charge in [-0.3, -0.25) is 4.79 Å². The molecule has 0 aliphatic carbocycles. The minimum atomic E-state index is -0.255. The van der Waals surface area contributed by atoms with Crippen molar-refractivity contribution in [1.29, 1.82) is 0 Å². The van der Waals surface area contributed by atoms with Crippen LogP contribution in [0.5, 0.6) is 0 Å². The number of nitrogens with zero attached hydrogens (tertiary/aromatic N) is 4. The van der Waals surface area contributed by atoms with E-state index < -0.39 is 0 Å². The first-order valence-electron chi connectivity index (χ1n) is 10.5. The Labute approximate surface area is 179 Å². The predicted molar refractivity (Wildman–Crippen MR) is 114 cm³/mol. The summed E-state index contributed by atoms with van der Waals surface area (Å²) in [5.74, 6) is 1.13. The number of imidazole rings is 1. The molecule has 1 aliphatic heterocycles. The highest BCUT2D eigenvalue weighted by atomic mass is 19.1. The van der Waals surface area contributed by atoms with Gasteiger partial charge in [0.05, 0.1) is 12.1 Å². The highest BCUT2D eigenvalue weighted by Crippen LogP contribution is 2.28. The van der Waals surface area contributed by atoms with Crippen LogP contribution in [0.4, 0.5) is 4.39 Å². The van der Waals surface area contributed by atoms with Gasteiger partial charge in [-0.25, -0.2) is 14.4 Å². The van der Waals surface area contributed by atoms with Crippen LogP contribution in [0.2, 0.25) is 0 Å². The van der Waals surface area contributed by atoms with Crippen molar-refractivity contribution in [2.45, 2.75) is 32.1 Å². The lowest BCUT2D eigenvalue weighted by molar-refractivity contribution is 0.0692. The van der Waals surface area contributed by atoms with Gasteiger partial charge in [0.2, 0.25) is 0 Å². The van der Waals surface area contributed by atoms with Crippen LogP contribution in [-0.2, 0) is 6.42 Å². The number of fused-ring (bicyclic) bond motifs is 1. The molecule has 1 amide bonds. The minimum absolute atomic E-state index is 0.0541. The van der Waals surface area contributed by atoms with Crippen LogP contribution >= 0.6 is 0 Å². The molecule has 1 fully saturated rings. The number of hydrogen-bond acceptors (Lipinski definition) is 4. The lowest BCUT2D eigenvalue weighted by Crippen LogP contribution is -2.39. The molecule has 1 aromatic carbocycles. The van der Waals surface area contributed by atoms with Crippen LogP contribution in [-0.4, -0.2) is 38.3 Å². The van der Waals surface area contributed by atoms with E-state index in [0.29, 0.717) is 31.1 Å². The Morgan fingerprint density at radius 2 is 2.06 bits per heavy atom. The normalized spacial score (nSPS) is 16.7. The van der Waals surface area contributed by atoms with Crippen molar-refractivity contribution in [2.75, 3.05) is 13.1 Å². The Hall–Kier alpha value is -3.48. The Morgan fingerprint density at radius 3 is 2.87 bits per heavy atom. The molecule has 158 valence electrons. The molecule has 0 saturated carbocycles. The van der Waals surface area contributed by atoms with E-state index in [9.17, 15) is 9.18 Å². The molecule has 1 aliphatic rings. The Kier molecular flexibility index (Phi) is 5.02. The molecule has 4 aromatic rings. The Balaban J connectivity index is 1.29. The van der Waals surface area contributed by atoms with Crippen LogP contribution in [0.25, 0.3) is 5.65 Å². The zero-order valence-electron chi connectivity index (χ0n) is 17.3. The van der Waals surface area contributed by atoms with E-state index in [1.165, 1.54) is 12.1 Å². The maximum absolute atomic E-state index is 13.1. The first kappa shape index (κ1) is 19.5. The summed E-state index contributed by atoms with van der Waals surface area (Å²) in [5.41, 5.74) is 3.23. The smallest absolute Gasteiger partial charge is 0.274 e. The van der Waals surface area contributed by atoms with E-state index in [0.717, 1.165) is 35.5 Å². The molecule has 5 rings (SSSR count). The van der Waals surface area contributed by atoms with Crippen LogP contribution < -0.4 is 0 Å². The second-order valence-corrected chi connectivity index (χ2v) is 8.08. The average molecular weight is 418 g/mol. The van der Waals surface area contributed by atoms with E-state index in [4.69, 9.17) is 4.42 Å². The number of aromatic nitrogens is 3. The third kappa shape index (κ3) is 3.95. The standard InChI is InChI=1S/C24H23FN4O2/c1-16-4-2-6-22-27-21(15-29(16)22)24(30)28-11-3-5-18(14-28)23-26-13-20(31-23)12-17-7-9-19(25)10-8-17/h2,4,6-10,13,15,18H,3,5,11-12,14H2,1H3/t18-/m0/s1. The first-order chi connectivity index (χ1) is 15.1. The number of carbonyl (C=O) groups excluding carboxylic acids is 1. The number of amides is 1. The molecule has 0 spiro atoms. The molecule has 3 aromatic heterocycles.